The van der Waals surface area contributed by atoms with Crippen LogP contribution in [0.5, 0.6) is 0 Å². The highest BCUT2D eigenvalue weighted by molar-refractivity contribution is 7.98. The number of anilines is 1. The molecule has 0 aliphatic carbocycles. The maximum Gasteiger partial charge on any atom is 0.266 e. The SMILES string of the molecule is N#Cc1ccc(CSc2n[nH]c(NS(=O)(=O)c3c(Cl)cccc3Cl)c2-c2ccccn2)cc1. The highest BCUT2D eigenvalue weighted by Crippen LogP contribution is 2.38. The summed E-state index contributed by atoms with van der Waals surface area (Å²) in [4.78, 5) is 4.14. The first-order valence-electron chi connectivity index (χ1n) is 9.47. The van der Waals surface area contributed by atoms with Crippen LogP contribution in [-0.4, -0.2) is 23.6 Å². The smallest absolute Gasteiger partial charge is 0.263 e. The van der Waals surface area contributed by atoms with Crippen LogP contribution in [0.3, 0.4) is 0 Å². The first kappa shape index (κ1) is 23.1. The summed E-state index contributed by atoms with van der Waals surface area (Å²) in [5.74, 6) is 0.700. The van der Waals surface area contributed by atoms with E-state index in [1.807, 2.05) is 12.1 Å². The van der Waals surface area contributed by atoms with Crippen molar-refractivity contribution in [1.29, 1.82) is 5.26 Å². The van der Waals surface area contributed by atoms with Gasteiger partial charge in [0.15, 0.2) is 0 Å². The summed E-state index contributed by atoms with van der Waals surface area (Å²) in [5.41, 5.74) is 2.60. The van der Waals surface area contributed by atoms with Crippen molar-refractivity contribution in [3.63, 3.8) is 0 Å². The number of sulfonamides is 1. The Balaban J connectivity index is 1.69. The summed E-state index contributed by atoms with van der Waals surface area (Å²) in [6.45, 7) is 0. The van der Waals surface area contributed by atoms with Gasteiger partial charge in [0.2, 0.25) is 0 Å². The number of aromatic nitrogens is 3. The largest absolute Gasteiger partial charge is 0.266 e. The Bertz CT molecular complexity index is 1410. The third-order valence-corrected chi connectivity index (χ3v) is 7.89. The fourth-order valence-electron chi connectivity index (χ4n) is 3.00. The lowest BCUT2D eigenvalue weighted by molar-refractivity contribution is 0.601. The van der Waals surface area contributed by atoms with E-state index in [2.05, 4.69) is 26.0 Å². The van der Waals surface area contributed by atoms with Gasteiger partial charge in [0.05, 0.1) is 32.9 Å². The zero-order chi connectivity index (χ0) is 23.4. The fourth-order valence-corrected chi connectivity index (χ4v) is 6.14. The molecule has 11 heteroatoms. The van der Waals surface area contributed by atoms with Gasteiger partial charge in [-0.2, -0.15) is 10.4 Å². The molecule has 166 valence electrons. The summed E-state index contributed by atoms with van der Waals surface area (Å²) in [6, 6.07) is 19.1. The van der Waals surface area contributed by atoms with E-state index >= 15 is 0 Å². The average Bonchev–Trinajstić information content (AvgIpc) is 3.20. The minimum Gasteiger partial charge on any atom is -0.263 e. The Morgan fingerprint density at radius 2 is 1.76 bits per heavy atom. The molecule has 2 N–H and O–H groups in total. The van der Waals surface area contributed by atoms with Crippen LogP contribution in [0.25, 0.3) is 11.3 Å². The molecule has 0 bridgehead atoms. The third-order valence-electron chi connectivity index (χ3n) is 4.54. The molecule has 0 amide bonds. The number of halogens is 2. The van der Waals surface area contributed by atoms with Gasteiger partial charge >= 0.3 is 0 Å². The van der Waals surface area contributed by atoms with E-state index in [1.165, 1.54) is 23.9 Å². The van der Waals surface area contributed by atoms with Crippen LogP contribution in [0.15, 0.2) is 76.8 Å². The lowest BCUT2D eigenvalue weighted by Crippen LogP contribution is -2.15. The molecule has 0 fully saturated rings. The zero-order valence-electron chi connectivity index (χ0n) is 16.8. The van der Waals surface area contributed by atoms with Crippen molar-refractivity contribution in [3.05, 3.63) is 88.0 Å². The molecule has 4 aromatic rings. The molecule has 33 heavy (non-hydrogen) atoms. The number of rotatable bonds is 7. The van der Waals surface area contributed by atoms with Gasteiger partial charge in [0.1, 0.15) is 15.7 Å². The van der Waals surface area contributed by atoms with E-state index in [-0.39, 0.29) is 20.8 Å². The van der Waals surface area contributed by atoms with Crippen LogP contribution in [-0.2, 0) is 15.8 Å². The summed E-state index contributed by atoms with van der Waals surface area (Å²) >= 11 is 13.6. The highest BCUT2D eigenvalue weighted by atomic mass is 35.5. The Morgan fingerprint density at radius 1 is 1.03 bits per heavy atom. The number of hydrogen-bond acceptors (Lipinski definition) is 6. The molecule has 0 aliphatic rings. The second kappa shape index (κ2) is 9.85. The van der Waals surface area contributed by atoms with Gasteiger partial charge < -0.3 is 0 Å². The van der Waals surface area contributed by atoms with Crippen molar-refractivity contribution in [2.45, 2.75) is 15.7 Å². The van der Waals surface area contributed by atoms with Crippen LogP contribution in [0.4, 0.5) is 5.82 Å². The third kappa shape index (κ3) is 5.15. The second-order valence-corrected chi connectivity index (χ2v) is 10.1. The van der Waals surface area contributed by atoms with Crippen molar-refractivity contribution in [3.8, 4) is 17.3 Å². The molecule has 2 aromatic carbocycles. The molecule has 0 saturated heterocycles. The quantitative estimate of drug-likeness (QED) is 0.303. The average molecular weight is 516 g/mol. The number of thioether (sulfide) groups is 1. The van der Waals surface area contributed by atoms with Crippen molar-refractivity contribution in [2.75, 3.05) is 4.72 Å². The highest BCUT2D eigenvalue weighted by Gasteiger charge is 2.26. The van der Waals surface area contributed by atoms with Gasteiger partial charge in [0.25, 0.3) is 10.0 Å². The van der Waals surface area contributed by atoms with E-state index in [9.17, 15) is 8.42 Å². The topological polar surface area (TPSA) is 112 Å². The van der Waals surface area contributed by atoms with E-state index in [4.69, 9.17) is 28.5 Å². The molecule has 0 radical (unpaired) electrons. The number of benzene rings is 2. The van der Waals surface area contributed by atoms with Crippen molar-refractivity contribution in [2.24, 2.45) is 0 Å². The van der Waals surface area contributed by atoms with Crippen molar-refractivity contribution < 1.29 is 8.42 Å². The van der Waals surface area contributed by atoms with Crippen LogP contribution in [0.1, 0.15) is 11.1 Å². The Morgan fingerprint density at radius 3 is 2.39 bits per heavy atom. The molecule has 7 nitrogen and oxygen atoms in total. The van der Waals surface area contributed by atoms with E-state index < -0.39 is 10.0 Å². The van der Waals surface area contributed by atoms with Crippen LogP contribution in [0.2, 0.25) is 10.0 Å². The summed E-state index contributed by atoms with van der Waals surface area (Å²) < 4.78 is 28.7. The number of nitriles is 1. The molecule has 0 aliphatic heterocycles. The standard InChI is InChI=1S/C22H15Cl2N5O2S2/c23-16-4-3-5-17(24)20(16)33(30,31)29-21-19(18-6-1-2-11-26-18)22(28-27-21)32-13-15-9-7-14(12-25)8-10-15/h1-11H,13H2,(H2,27,28,29). The summed E-state index contributed by atoms with van der Waals surface area (Å²) in [6.07, 6.45) is 1.61. The summed E-state index contributed by atoms with van der Waals surface area (Å²) in [5, 5.41) is 16.6. The first-order chi connectivity index (χ1) is 15.9. The molecule has 0 saturated carbocycles. The van der Waals surface area contributed by atoms with E-state index in [0.717, 1.165) is 5.56 Å². The van der Waals surface area contributed by atoms with Gasteiger partial charge in [-0.25, -0.2) is 8.42 Å². The zero-order valence-corrected chi connectivity index (χ0v) is 19.9. The molecule has 0 unspecified atom stereocenters. The monoisotopic (exact) mass is 515 g/mol. The maximum atomic E-state index is 13.1. The predicted octanol–water partition coefficient (Wildman–Crippen LogP) is 5.74. The molecular formula is C22H15Cl2N5O2S2. The number of hydrogen-bond donors (Lipinski definition) is 2. The Kier molecular flexibility index (Phi) is 6.91. The first-order valence-corrected chi connectivity index (χ1v) is 12.7. The molecule has 2 aromatic heterocycles. The molecule has 0 spiro atoms. The summed E-state index contributed by atoms with van der Waals surface area (Å²) in [7, 11) is -4.12. The van der Waals surface area contributed by atoms with Crippen LogP contribution < -0.4 is 4.72 Å². The molecule has 2 heterocycles. The molecule has 0 atom stereocenters. The maximum absolute atomic E-state index is 13.1. The Hall–Kier alpha value is -3.03. The lowest BCUT2D eigenvalue weighted by atomic mass is 10.2. The number of nitrogens with one attached hydrogen (secondary N) is 2. The number of pyridine rings is 1. The number of aromatic amines is 1. The van der Waals surface area contributed by atoms with Crippen LogP contribution in [0, 0.1) is 11.3 Å². The van der Waals surface area contributed by atoms with Crippen molar-refractivity contribution in [1.82, 2.24) is 15.2 Å². The van der Waals surface area contributed by atoms with Crippen LogP contribution >= 0.6 is 35.0 Å². The van der Waals surface area contributed by atoms with E-state index in [1.54, 1.807) is 42.6 Å². The fraction of sp³-hybridized carbons (Fsp3) is 0.0455. The Labute approximate surface area is 204 Å². The van der Waals surface area contributed by atoms with Gasteiger partial charge in [-0.15, -0.1) is 0 Å². The predicted molar refractivity (Wildman–Crippen MR) is 130 cm³/mol. The lowest BCUT2D eigenvalue weighted by Gasteiger charge is -2.11. The normalized spacial score (nSPS) is 11.2. The molecular weight excluding hydrogens is 501 g/mol. The van der Waals surface area contributed by atoms with Crippen molar-refractivity contribution >= 4 is 50.8 Å². The number of nitrogens with zero attached hydrogens (tertiary/aromatic N) is 3. The second-order valence-electron chi connectivity index (χ2n) is 6.75. The van der Waals surface area contributed by atoms with Gasteiger partial charge in [0, 0.05) is 11.9 Å². The molecule has 4 rings (SSSR count). The van der Waals surface area contributed by atoms with Gasteiger partial charge in [-0.1, -0.05) is 59.2 Å². The minimum absolute atomic E-state index is 0.00400. The minimum atomic E-state index is -4.12. The van der Waals surface area contributed by atoms with Gasteiger partial charge in [-0.3, -0.25) is 14.8 Å². The van der Waals surface area contributed by atoms with Gasteiger partial charge in [-0.05, 0) is 42.0 Å². The van der Waals surface area contributed by atoms with E-state index in [0.29, 0.717) is 27.6 Å². The number of H-pyrrole nitrogens is 1.